The average Bonchev–Trinajstić information content (AvgIpc) is 2.95. The molecule has 1 N–H and O–H groups in total. The molecular weight excluding hydrogens is 314 g/mol. The fraction of sp³-hybridized carbons (Fsp3) is 0.176. The van der Waals surface area contributed by atoms with Crippen molar-refractivity contribution in [2.45, 2.75) is 13.5 Å². The highest BCUT2D eigenvalue weighted by Gasteiger charge is 2.17. The average molecular weight is 329 g/mol. The molecule has 1 aromatic carbocycles. The van der Waals surface area contributed by atoms with Gasteiger partial charge in [-0.15, -0.1) is 11.3 Å². The highest BCUT2D eigenvalue weighted by molar-refractivity contribution is 7.22. The highest BCUT2D eigenvalue weighted by Crippen LogP contribution is 2.32. The molecule has 0 spiro atoms. The first-order chi connectivity index (χ1) is 11.0. The number of rotatable bonds is 3. The molecule has 0 aliphatic heterocycles. The molecule has 6 heteroatoms. The Kier molecular flexibility index (Phi) is 4.02. The van der Waals surface area contributed by atoms with Gasteiger partial charge in [0.15, 0.2) is 5.58 Å². The number of amides is 1. The summed E-state index contributed by atoms with van der Waals surface area (Å²) >= 11 is 1.33. The minimum Gasteiger partial charge on any atom is -0.421 e. The second-order valence-electron chi connectivity index (χ2n) is 5.26. The number of thiophene rings is 1. The van der Waals surface area contributed by atoms with Crippen LogP contribution in [-0.4, -0.2) is 18.1 Å². The van der Waals surface area contributed by atoms with Gasteiger partial charge in [0, 0.05) is 18.7 Å². The van der Waals surface area contributed by atoms with Crippen molar-refractivity contribution in [1.29, 1.82) is 0 Å². The van der Waals surface area contributed by atoms with E-state index in [1.165, 1.54) is 16.2 Å². The van der Waals surface area contributed by atoms with Gasteiger partial charge < -0.3 is 14.4 Å². The SMILES string of the molecule is Cc1cccc(C(=O)N(C)c2cc3oc(=O)c(CO)cc3s2)c1. The summed E-state index contributed by atoms with van der Waals surface area (Å²) in [4.78, 5) is 25.7. The molecule has 0 aliphatic rings. The van der Waals surface area contributed by atoms with E-state index >= 15 is 0 Å². The first-order valence-electron chi connectivity index (χ1n) is 7.02. The maximum absolute atomic E-state index is 12.6. The fourth-order valence-electron chi connectivity index (χ4n) is 2.29. The van der Waals surface area contributed by atoms with E-state index in [0.29, 0.717) is 20.8 Å². The molecule has 118 valence electrons. The zero-order valence-electron chi connectivity index (χ0n) is 12.7. The zero-order chi connectivity index (χ0) is 16.6. The summed E-state index contributed by atoms with van der Waals surface area (Å²) in [5, 5.41) is 9.81. The topological polar surface area (TPSA) is 70.8 Å². The van der Waals surface area contributed by atoms with E-state index in [1.54, 1.807) is 25.2 Å². The lowest BCUT2D eigenvalue weighted by atomic mass is 10.1. The van der Waals surface area contributed by atoms with E-state index in [0.717, 1.165) is 5.56 Å². The third-order valence-corrected chi connectivity index (χ3v) is 4.69. The molecule has 0 radical (unpaired) electrons. The molecule has 0 saturated heterocycles. The van der Waals surface area contributed by atoms with Gasteiger partial charge in [0.2, 0.25) is 0 Å². The molecule has 1 amide bonds. The maximum Gasteiger partial charge on any atom is 0.341 e. The molecule has 23 heavy (non-hydrogen) atoms. The molecule has 0 saturated carbocycles. The Morgan fingerprint density at radius 2 is 2.09 bits per heavy atom. The normalized spacial score (nSPS) is 10.9. The van der Waals surface area contributed by atoms with Crippen molar-refractivity contribution in [2.24, 2.45) is 0 Å². The van der Waals surface area contributed by atoms with Crippen molar-refractivity contribution in [3.63, 3.8) is 0 Å². The van der Waals surface area contributed by atoms with Crippen LogP contribution in [0, 0.1) is 6.92 Å². The van der Waals surface area contributed by atoms with E-state index in [2.05, 4.69) is 0 Å². The van der Waals surface area contributed by atoms with Crippen LogP contribution in [0.25, 0.3) is 10.3 Å². The Hall–Kier alpha value is -2.44. The summed E-state index contributed by atoms with van der Waals surface area (Å²) in [5.41, 5.74) is 1.67. The van der Waals surface area contributed by atoms with Crippen LogP contribution in [0.3, 0.4) is 0 Å². The molecule has 0 fully saturated rings. The van der Waals surface area contributed by atoms with E-state index in [-0.39, 0.29) is 18.1 Å². The van der Waals surface area contributed by atoms with Gasteiger partial charge in [0.25, 0.3) is 5.91 Å². The van der Waals surface area contributed by atoms with Crippen molar-refractivity contribution >= 4 is 32.5 Å². The van der Waals surface area contributed by atoms with Crippen LogP contribution in [0.15, 0.2) is 45.6 Å². The number of carbonyl (C=O) groups excluding carboxylic acids is 1. The lowest BCUT2D eigenvalue weighted by molar-refractivity contribution is 0.0993. The highest BCUT2D eigenvalue weighted by atomic mass is 32.1. The molecule has 0 bridgehead atoms. The number of fused-ring (bicyclic) bond motifs is 1. The Labute approximate surface area is 136 Å². The Balaban J connectivity index is 1.99. The van der Waals surface area contributed by atoms with Crippen molar-refractivity contribution in [1.82, 2.24) is 0 Å². The van der Waals surface area contributed by atoms with Crippen LogP contribution in [0.1, 0.15) is 21.5 Å². The summed E-state index contributed by atoms with van der Waals surface area (Å²) in [7, 11) is 1.68. The monoisotopic (exact) mass is 329 g/mol. The summed E-state index contributed by atoms with van der Waals surface area (Å²) in [6, 6.07) is 10.6. The van der Waals surface area contributed by atoms with E-state index in [9.17, 15) is 9.59 Å². The van der Waals surface area contributed by atoms with Gasteiger partial charge in [-0.2, -0.15) is 0 Å². The van der Waals surface area contributed by atoms with Gasteiger partial charge in [0.1, 0.15) is 5.00 Å². The van der Waals surface area contributed by atoms with Crippen LogP contribution < -0.4 is 10.5 Å². The number of hydrogen-bond acceptors (Lipinski definition) is 5. The molecule has 3 aromatic rings. The predicted molar refractivity (Wildman–Crippen MR) is 90.2 cm³/mol. The molecular formula is C17H15NO4S. The number of nitrogens with zero attached hydrogens (tertiary/aromatic N) is 1. The first-order valence-corrected chi connectivity index (χ1v) is 7.83. The van der Waals surface area contributed by atoms with E-state index in [1.807, 2.05) is 25.1 Å². The van der Waals surface area contributed by atoms with Gasteiger partial charge in [-0.25, -0.2) is 4.79 Å². The Morgan fingerprint density at radius 1 is 1.30 bits per heavy atom. The van der Waals surface area contributed by atoms with Crippen LogP contribution >= 0.6 is 11.3 Å². The number of aliphatic hydroxyl groups is 1. The predicted octanol–water partition coefficient (Wildman–Crippen LogP) is 2.93. The van der Waals surface area contributed by atoms with Gasteiger partial charge >= 0.3 is 5.63 Å². The summed E-state index contributed by atoms with van der Waals surface area (Å²) < 4.78 is 5.89. The van der Waals surface area contributed by atoms with E-state index < -0.39 is 5.63 Å². The van der Waals surface area contributed by atoms with Crippen LogP contribution in [-0.2, 0) is 6.61 Å². The molecule has 5 nitrogen and oxygen atoms in total. The largest absolute Gasteiger partial charge is 0.421 e. The first kappa shape index (κ1) is 15.5. The quantitative estimate of drug-likeness (QED) is 0.802. The van der Waals surface area contributed by atoms with Crippen LogP contribution in [0.2, 0.25) is 0 Å². The number of aryl methyl sites for hydroxylation is 1. The fourth-order valence-corrected chi connectivity index (χ4v) is 3.30. The number of benzene rings is 1. The maximum atomic E-state index is 12.6. The lowest BCUT2D eigenvalue weighted by Crippen LogP contribution is -2.25. The van der Waals surface area contributed by atoms with Gasteiger partial charge in [-0.3, -0.25) is 4.79 Å². The standard InChI is InChI=1S/C17H15NO4S/c1-10-4-3-5-11(6-10)16(20)18(2)15-8-13-14(23-15)7-12(9-19)17(21)22-13/h3-8,19H,9H2,1-2H3. The molecule has 0 unspecified atom stereocenters. The molecule has 2 heterocycles. The van der Waals surface area contributed by atoms with Crippen LogP contribution in [0.5, 0.6) is 0 Å². The Morgan fingerprint density at radius 3 is 2.78 bits per heavy atom. The number of anilines is 1. The third kappa shape index (κ3) is 2.91. The summed E-state index contributed by atoms with van der Waals surface area (Å²) in [6.45, 7) is 1.56. The van der Waals surface area contributed by atoms with Crippen molar-refractivity contribution in [3.05, 3.63) is 63.5 Å². The van der Waals surface area contributed by atoms with Crippen LogP contribution in [0.4, 0.5) is 5.00 Å². The summed E-state index contributed by atoms with van der Waals surface area (Å²) in [6.07, 6.45) is 0. The van der Waals surface area contributed by atoms with Gasteiger partial charge in [-0.05, 0) is 25.1 Å². The van der Waals surface area contributed by atoms with Gasteiger partial charge in [-0.1, -0.05) is 17.7 Å². The molecule has 0 aliphatic carbocycles. The van der Waals surface area contributed by atoms with Gasteiger partial charge in [0.05, 0.1) is 16.9 Å². The molecule has 0 atom stereocenters. The Bertz CT molecular complexity index is 941. The second kappa shape index (κ2) is 5.98. The minimum atomic E-state index is -0.558. The third-order valence-electron chi connectivity index (χ3n) is 3.55. The minimum absolute atomic E-state index is 0.134. The summed E-state index contributed by atoms with van der Waals surface area (Å²) in [5.74, 6) is -0.134. The molecule has 2 aromatic heterocycles. The van der Waals surface area contributed by atoms with Crippen molar-refractivity contribution < 1.29 is 14.3 Å². The molecule has 3 rings (SSSR count). The second-order valence-corrected chi connectivity index (χ2v) is 6.33. The number of aliphatic hydroxyl groups excluding tert-OH is 1. The lowest BCUT2D eigenvalue weighted by Gasteiger charge is -2.14. The van der Waals surface area contributed by atoms with Crippen molar-refractivity contribution in [2.75, 3.05) is 11.9 Å². The van der Waals surface area contributed by atoms with E-state index in [4.69, 9.17) is 9.52 Å². The zero-order valence-corrected chi connectivity index (χ0v) is 13.5. The number of hydrogen-bond donors (Lipinski definition) is 1. The van der Waals surface area contributed by atoms with Crippen molar-refractivity contribution in [3.8, 4) is 0 Å². The smallest absolute Gasteiger partial charge is 0.341 e. The number of carbonyl (C=O) groups is 1.